The smallest absolute Gasteiger partial charge is 0.311 e. The molecular formula is C15H30O2. The van der Waals surface area contributed by atoms with E-state index in [0.29, 0.717) is 12.5 Å². The fourth-order valence-corrected chi connectivity index (χ4v) is 2.14. The molecule has 0 saturated carbocycles. The van der Waals surface area contributed by atoms with Crippen LogP contribution in [0, 0.1) is 11.3 Å². The lowest BCUT2D eigenvalue weighted by Crippen LogP contribution is -2.31. The average Bonchev–Trinajstić information content (AvgIpc) is 2.27. The minimum absolute atomic E-state index is 0.00908. The molecule has 0 bridgehead atoms. The second-order valence-corrected chi connectivity index (χ2v) is 5.71. The van der Waals surface area contributed by atoms with Crippen LogP contribution in [0.2, 0.25) is 0 Å². The predicted octanol–water partition coefficient (Wildman–Crippen LogP) is 4.57. The second kappa shape index (κ2) is 8.54. The Kier molecular flexibility index (Phi) is 8.28. The molecule has 0 N–H and O–H groups in total. The monoisotopic (exact) mass is 242 g/mol. The van der Waals surface area contributed by atoms with E-state index in [1.54, 1.807) is 0 Å². The Bertz CT molecular complexity index is 211. The van der Waals surface area contributed by atoms with Gasteiger partial charge in [0.1, 0.15) is 0 Å². The molecule has 0 aliphatic rings. The van der Waals surface area contributed by atoms with Gasteiger partial charge in [-0.25, -0.2) is 0 Å². The number of carbonyl (C=O) groups excluding carboxylic acids is 1. The van der Waals surface area contributed by atoms with Crippen molar-refractivity contribution in [2.75, 3.05) is 6.61 Å². The van der Waals surface area contributed by atoms with Gasteiger partial charge in [-0.15, -0.1) is 0 Å². The normalized spacial score (nSPS) is 14.7. The summed E-state index contributed by atoms with van der Waals surface area (Å²) in [7, 11) is 0. The maximum absolute atomic E-state index is 12.0. The Balaban J connectivity index is 3.99. The highest BCUT2D eigenvalue weighted by molar-refractivity contribution is 5.76. The Morgan fingerprint density at radius 2 is 1.82 bits per heavy atom. The molecule has 1 atom stereocenters. The number of hydrogen-bond donors (Lipinski definition) is 0. The Hall–Kier alpha value is -0.530. The molecule has 0 aromatic heterocycles. The molecule has 0 aromatic rings. The minimum atomic E-state index is -0.293. The lowest BCUT2D eigenvalue weighted by molar-refractivity contribution is -0.156. The molecule has 102 valence electrons. The number of ether oxygens (including phenoxy) is 1. The molecule has 0 saturated heterocycles. The maximum Gasteiger partial charge on any atom is 0.311 e. The lowest BCUT2D eigenvalue weighted by atomic mass is 9.80. The third-order valence-corrected chi connectivity index (χ3v) is 3.36. The first-order valence-electron chi connectivity index (χ1n) is 7.13. The average molecular weight is 242 g/mol. The number of esters is 1. The molecular weight excluding hydrogens is 212 g/mol. The van der Waals surface area contributed by atoms with Gasteiger partial charge in [0.2, 0.25) is 0 Å². The van der Waals surface area contributed by atoms with Crippen molar-refractivity contribution in [3.63, 3.8) is 0 Å². The van der Waals surface area contributed by atoms with E-state index in [4.69, 9.17) is 4.74 Å². The summed E-state index contributed by atoms with van der Waals surface area (Å²) in [4.78, 5) is 12.0. The lowest BCUT2D eigenvalue weighted by Gasteiger charge is -2.27. The number of carbonyl (C=O) groups is 1. The van der Waals surface area contributed by atoms with Crippen LogP contribution in [0.5, 0.6) is 0 Å². The van der Waals surface area contributed by atoms with Gasteiger partial charge in [-0.05, 0) is 32.1 Å². The molecule has 0 aliphatic heterocycles. The van der Waals surface area contributed by atoms with Crippen LogP contribution in [0.4, 0.5) is 0 Å². The summed E-state index contributed by atoms with van der Waals surface area (Å²) in [6.07, 6.45) is 6.39. The van der Waals surface area contributed by atoms with E-state index in [1.807, 2.05) is 6.92 Å². The van der Waals surface area contributed by atoms with Gasteiger partial charge >= 0.3 is 5.97 Å². The van der Waals surface area contributed by atoms with Gasteiger partial charge in [-0.1, -0.05) is 47.0 Å². The van der Waals surface area contributed by atoms with Crippen LogP contribution in [0.3, 0.4) is 0 Å². The van der Waals surface area contributed by atoms with Crippen molar-refractivity contribution in [3.8, 4) is 0 Å². The summed E-state index contributed by atoms with van der Waals surface area (Å²) < 4.78 is 5.41. The predicted molar refractivity (Wildman–Crippen MR) is 73.0 cm³/mol. The Labute approximate surface area is 107 Å². The molecule has 2 nitrogen and oxygen atoms in total. The van der Waals surface area contributed by atoms with Crippen LogP contribution >= 0.6 is 0 Å². The summed E-state index contributed by atoms with van der Waals surface area (Å²) in [6, 6.07) is 0. The molecule has 0 rings (SSSR count). The van der Waals surface area contributed by atoms with Crippen LogP contribution in [-0.2, 0) is 9.53 Å². The topological polar surface area (TPSA) is 26.3 Å². The first kappa shape index (κ1) is 16.5. The Morgan fingerprint density at radius 3 is 2.29 bits per heavy atom. The zero-order valence-electron chi connectivity index (χ0n) is 12.3. The van der Waals surface area contributed by atoms with Crippen molar-refractivity contribution in [1.29, 1.82) is 0 Å². The number of hydrogen-bond acceptors (Lipinski definition) is 2. The zero-order valence-corrected chi connectivity index (χ0v) is 12.3. The van der Waals surface area contributed by atoms with Crippen LogP contribution in [0.25, 0.3) is 0 Å². The molecule has 0 aromatic carbocycles. The molecule has 1 unspecified atom stereocenters. The van der Waals surface area contributed by atoms with Crippen molar-refractivity contribution < 1.29 is 9.53 Å². The molecule has 0 amide bonds. The van der Waals surface area contributed by atoms with Crippen molar-refractivity contribution in [1.82, 2.24) is 0 Å². The van der Waals surface area contributed by atoms with Crippen molar-refractivity contribution in [2.45, 2.75) is 73.1 Å². The van der Waals surface area contributed by atoms with Gasteiger partial charge in [0, 0.05) is 0 Å². The highest BCUT2D eigenvalue weighted by Gasteiger charge is 2.33. The van der Waals surface area contributed by atoms with Crippen LogP contribution in [0.1, 0.15) is 73.1 Å². The molecule has 0 heterocycles. The fourth-order valence-electron chi connectivity index (χ4n) is 2.14. The van der Waals surface area contributed by atoms with Gasteiger partial charge in [0.15, 0.2) is 0 Å². The quantitative estimate of drug-likeness (QED) is 0.437. The van der Waals surface area contributed by atoms with Crippen molar-refractivity contribution in [2.24, 2.45) is 11.3 Å². The van der Waals surface area contributed by atoms with Crippen LogP contribution in [0.15, 0.2) is 0 Å². The first-order chi connectivity index (χ1) is 7.96. The zero-order chi connectivity index (χ0) is 13.3. The molecule has 0 spiro atoms. The van der Waals surface area contributed by atoms with Gasteiger partial charge in [-0.2, -0.15) is 0 Å². The standard InChI is InChI=1S/C15H30O2/c1-6-8-9-10-11-17-14(16)15(5,7-2)12-13(3)4/h13H,6-12H2,1-5H3. The van der Waals surface area contributed by atoms with E-state index in [9.17, 15) is 4.79 Å². The van der Waals surface area contributed by atoms with Gasteiger partial charge < -0.3 is 4.74 Å². The molecule has 0 aliphatic carbocycles. The Morgan fingerprint density at radius 1 is 1.18 bits per heavy atom. The number of rotatable bonds is 9. The van der Waals surface area contributed by atoms with E-state index in [0.717, 1.165) is 25.7 Å². The summed E-state index contributed by atoms with van der Waals surface area (Å²) in [6.45, 7) is 11.2. The summed E-state index contributed by atoms with van der Waals surface area (Å²) in [5.41, 5.74) is -0.293. The SMILES string of the molecule is CCCCCCOC(=O)C(C)(CC)CC(C)C. The van der Waals surface area contributed by atoms with E-state index >= 15 is 0 Å². The van der Waals surface area contributed by atoms with Crippen molar-refractivity contribution in [3.05, 3.63) is 0 Å². The molecule has 0 radical (unpaired) electrons. The minimum Gasteiger partial charge on any atom is -0.465 e. The highest BCUT2D eigenvalue weighted by atomic mass is 16.5. The van der Waals surface area contributed by atoms with Crippen LogP contribution in [-0.4, -0.2) is 12.6 Å². The second-order valence-electron chi connectivity index (χ2n) is 5.71. The summed E-state index contributed by atoms with van der Waals surface area (Å²) >= 11 is 0. The first-order valence-corrected chi connectivity index (χ1v) is 7.13. The van der Waals surface area contributed by atoms with E-state index in [1.165, 1.54) is 12.8 Å². The third-order valence-electron chi connectivity index (χ3n) is 3.36. The fraction of sp³-hybridized carbons (Fsp3) is 0.933. The van der Waals surface area contributed by atoms with Crippen molar-refractivity contribution >= 4 is 5.97 Å². The highest BCUT2D eigenvalue weighted by Crippen LogP contribution is 2.31. The van der Waals surface area contributed by atoms with Gasteiger partial charge in [0.05, 0.1) is 12.0 Å². The molecule has 2 heteroatoms. The largest absolute Gasteiger partial charge is 0.465 e. The molecule has 17 heavy (non-hydrogen) atoms. The van der Waals surface area contributed by atoms with E-state index < -0.39 is 0 Å². The van der Waals surface area contributed by atoms with E-state index in [-0.39, 0.29) is 11.4 Å². The number of unbranched alkanes of at least 4 members (excludes halogenated alkanes) is 3. The van der Waals surface area contributed by atoms with Crippen LogP contribution < -0.4 is 0 Å². The maximum atomic E-state index is 12.0. The van der Waals surface area contributed by atoms with Gasteiger partial charge in [-0.3, -0.25) is 4.79 Å². The van der Waals surface area contributed by atoms with Gasteiger partial charge in [0.25, 0.3) is 0 Å². The summed E-state index contributed by atoms with van der Waals surface area (Å²) in [5, 5.41) is 0. The summed E-state index contributed by atoms with van der Waals surface area (Å²) in [5.74, 6) is 0.526. The van der Waals surface area contributed by atoms with E-state index in [2.05, 4.69) is 27.7 Å². The third kappa shape index (κ3) is 6.70. The molecule has 0 fully saturated rings.